The molecule has 0 radical (unpaired) electrons. The zero-order valence-corrected chi connectivity index (χ0v) is 21.4. The number of rotatable bonds is 8. The molecule has 2 atom stereocenters. The number of aromatic hydroxyl groups is 1. The Hall–Kier alpha value is -3.36. The molecule has 2 fully saturated rings. The van der Waals surface area contributed by atoms with E-state index >= 15 is 0 Å². The number of hydrogen-bond acceptors (Lipinski definition) is 10. The van der Waals surface area contributed by atoms with Gasteiger partial charge < -0.3 is 28.2 Å². The number of benzene rings is 2. The SMILES string of the molecule is O=Cc1ccc(OC2CCCCO2)cc1O.O=Cc1ccc(OC2CCCCO2)cc1OS(=O)(=O)C(F)(F)F. The van der Waals surface area contributed by atoms with Gasteiger partial charge in [-0.05, 0) is 49.9 Å². The smallest absolute Gasteiger partial charge is 0.507 e. The summed E-state index contributed by atoms with van der Waals surface area (Å²) in [6.07, 6.45) is 5.30. The van der Waals surface area contributed by atoms with Gasteiger partial charge in [0.2, 0.25) is 0 Å². The summed E-state index contributed by atoms with van der Waals surface area (Å²) >= 11 is 0. The topological polar surface area (TPSA) is 135 Å². The Kier molecular flexibility index (Phi) is 10.5. The maximum absolute atomic E-state index is 12.4. The van der Waals surface area contributed by atoms with Gasteiger partial charge in [-0.15, -0.1) is 0 Å². The number of ether oxygens (including phenoxy) is 4. The maximum Gasteiger partial charge on any atom is 0.534 e. The summed E-state index contributed by atoms with van der Waals surface area (Å²) in [6.45, 7) is 1.20. The summed E-state index contributed by atoms with van der Waals surface area (Å²) in [7, 11) is -5.88. The minimum absolute atomic E-state index is 0.0369. The molecule has 0 saturated carbocycles. The van der Waals surface area contributed by atoms with E-state index in [0.717, 1.165) is 44.2 Å². The Labute approximate surface area is 222 Å². The van der Waals surface area contributed by atoms with Crippen LogP contribution in [0, 0.1) is 0 Å². The summed E-state index contributed by atoms with van der Waals surface area (Å²) in [5, 5.41) is 9.47. The highest BCUT2D eigenvalue weighted by Crippen LogP contribution is 2.32. The molecule has 0 aliphatic carbocycles. The van der Waals surface area contributed by atoms with Gasteiger partial charge in [0, 0.05) is 25.0 Å². The van der Waals surface area contributed by atoms with Gasteiger partial charge in [0.15, 0.2) is 30.9 Å². The average Bonchev–Trinajstić information content (AvgIpc) is 2.90. The molecule has 1 N–H and O–H groups in total. The maximum atomic E-state index is 12.4. The van der Waals surface area contributed by atoms with Crippen LogP contribution in [0.2, 0.25) is 0 Å². The number of carbonyl (C=O) groups is 2. The zero-order valence-electron chi connectivity index (χ0n) is 20.6. The first-order valence-electron chi connectivity index (χ1n) is 12.0. The van der Waals surface area contributed by atoms with Crippen molar-refractivity contribution < 1.29 is 59.4 Å². The average molecular weight is 577 g/mol. The fourth-order valence-electron chi connectivity index (χ4n) is 3.53. The number of carbonyl (C=O) groups excluding carboxylic acids is 2. The van der Waals surface area contributed by atoms with Gasteiger partial charge in [0.05, 0.1) is 24.3 Å². The second-order valence-corrected chi connectivity index (χ2v) is 10.0. The number of hydrogen-bond donors (Lipinski definition) is 1. The molecular weight excluding hydrogens is 549 g/mol. The second kappa shape index (κ2) is 13.6. The van der Waals surface area contributed by atoms with E-state index in [0.29, 0.717) is 31.7 Å². The van der Waals surface area contributed by atoms with Crippen LogP contribution in [0.4, 0.5) is 13.2 Å². The third-order valence-electron chi connectivity index (χ3n) is 5.53. The van der Waals surface area contributed by atoms with E-state index in [1.54, 1.807) is 6.07 Å². The normalized spacial score (nSPS) is 19.7. The Balaban J connectivity index is 0.000000230. The van der Waals surface area contributed by atoms with Gasteiger partial charge in [-0.1, -0.05) is 0 Å². The van der Waals surface area contributed by atoms with E-state index in [-0.39, 0.29) is 35.2 Å². The second-order valence-electron chi connectivity index (χ2n) is 8.47. The van der Waals surface area contributed by atoms with E-state index in [1.807, 2.05) is 0 Å². The molecule has 14 heteroatoms. The van der Waals surface area contributed by atoms with Gasteiger partial charge in [0.25, 0.3) is 0 Å². The van der Waals surface area contributed by atoms with Crippen LogP contribution >= 0.6 is 0 Å². The Bertz CT molecular complexity index is 1220. The first-order valence-corrected chi connectivity index (χ1v) is 13.4. The number of alkyl halides is 3. The number of phenols is 1. The molecule has 10 nitrogen and oxygen atoms in total. The molecule has 0 aromatic heterocycles. The minimum Gasteiger partial charge on any atom is -0.507 e. The molecule has 2 saturated heterocycles. The number of halogens is 3. The van der Waals surface area contributed by atoms with Crippen molar-refractivity contribution in [3.8, 4) is 23.0 Å². The van der Waals surface area contributed by atoms with Crippen molar-refractivity contribution in [3.05, 3.63) is 47.5 Å². The molecule has 2 aromatic carbocycles. The van der Waals surface area contributed by atoms with Crippen molar-refractivity contribution in [2.24, 2.45) is 0 Å². The van der Waals surface area contributed by atoms with Crippen LogP contribution in [0.3, 0.4) is 0 Å². The lowest BCUT2D eigenvalue weighted by Gasteiger charge is -2.23. The molecule has 2 unspecified atom stereocenters. The fraction of sp³-hybridized carbons (Fsp3) is 0.440. The van der Waals surface area contributed by atoms with E-state index in [2.05, 4.69) is 4.18 Å². The van der Waals surface area contributed by atoms with Gasteiger partial charge >= 0.3 is 15.6 Å². The van der Waals surface area contributed by atoms with Crippen LogP contribution in [0.25, 0.3) is 0 Å². The van der Waals surface area contributed by atoms with E-state index in [1.165, 1.54) is 18.2 Å². The van der Waals surface area contributed by atoms with Crippen LogP contribution in [0.1, 0.15) is 59.2 Å². The molecule has 2 heterocycles. The van der Waals surface area contributed by atoms with E-state index in [4.69, 9.17) is 18.9 Å². The third-order valence-corrected chi connectivity index (χ3v) is 6.50. The minimum atomic E-state index is -5.88. The standard InChI is InChI=1S/C13H13F3O6S.C12H14O4/c14-13(15,16)23(18,19)22-11-7-10(5-4-9(11)8-17)21-12-3-1-2-6-20-12;13-8-9-4-5-10(7-11(9)14)16-12-3-1-2-6-15-12/h4-5,7-8,12H,1-3,6H2;4-5,7-8,12,14H,1-3,6H2. The lowest BCUT2D eigenvalue weighted by Crippen LogP contribution is -2.28. The van der Waals surface area contributed by atoms with Crippen LogP contribution in [0.5, 0.6) is 23.0 Å². The quantitative estimate of drug-likeness (QED) is 0.267. The largest absolute Gasteiger partial charge is 0.534 e. The first kappa shape index (κ1) is 30.2. The lowest BCUT2D eigenvalue weighted by atomic mass is 10.2. The molecule has 2 aliphatic rings. The molecule has 2 aromatic rings. The Morgan fingerprint density at radius 1 is 0.821 bits per heavy atom. The summed E-state index contributed by atoms with van der Waals surface area (Å²) in [4.78, 5) is 21.3. The highest BCUT2D eigenvalue weighted by atomic mass is 32.2. The van der Waals surface area contributed by atoms with Crippen molar-refractivity contribution >= 4 is 22.7 Å². The fourth-order valence-corrected chi connectivity index (χ4v) is 4.01. The number of aldehydes is 2. The summed E-state index contributed by atoms with van der Waals surface area (Å²) in [6, 6.07) is 7.94. The van der Waals surface area contributed by atoms with E-state index in [9.17, 15) is 36.3 Å². The highest BCUT2D eigenvalue weighted by molar-refractivity contribution is 7.88. The van der Waals surface area contributed by atoms with E-state index < -0.39 is 27.7 Å². The van der Waals surface area contributed by atoms with Gasteiger partial charge in [-0.25, -0.2) is 0 Å². The van der Waals surface area contributed by atoms with Crippen molar-refractivity contribution in [3.63, 3.8) is 0 Å². The molecule has 2 aliphatic heterocycles. The Morgan fingerprint density at radius 2 is 1.33 bits per heavy atom. The zero-order chi connectivity index (χ0) is 28.5. The predicted octanol–water partition coefficient (Wildman–Crippen LogP) is 4.74. The van der Waals surface area contributed by atoms with Crippen molar-refractivity contribution in [1.82, 2.24) is 0 Å². The van der Waals surface area contributed by atoms with Crippen LogP contribution in [-0.4, -0.2) is 57.4 Å². The molecule has 4 rings (SSSR count). The predicted molar refractivity (Wildman–Crippen MR) is 129 cm³/mol. The Morgan fingerprint density at radius 3 is 1.77 bits per heavy atom. The third kappa shape index (κ3) is 8.83. The molecule has 0 bridgehead atoms. The van der Waals surface area contributed by atoms with Crippen LogP contribution in [-0.2, 0) is 19.6 Å². The highest BCUT2D eigenvalue weighted by Gasteiger charge is 2.48. The van der Waals surface area contributed by atoms with Gasteiger partial charge in [0.1, 0.15) is 17.2 Å². The molecule has 0 amide bonds. The monoisotopic (exact) mass is 576 g/mol. The number of phenolic OH excluding ortho intramolecular Hbond substituents is 1. The first-order chi connectivity index (χ1) is 18.5. The molecule has 39 heavy (non-hydrogen) atoms. The van der Waals surface area contributed by atoms with Crippen molar-refractivity contribution in [1.29, 1.82) is 0 Å². The van der Waals surface area contributed by atoms with Crippen LogP contribution in [0.15, 0.2) is 36.4 Å². The molecule has 214 valence electrons. The van der Waals surface area contributed by atoms with Crippen molar-refractivity contribution in [2.45, 2.75) is 56.6 Å². The van der Waals surface area contributed by atoms with Crippen LogP contribution < -0.4 is 13.7 Å². The summed E-state index contributed by atoms with van der Waals surface area (Å²) < 4.78 is 84.9. The van der Waals surface area contributed by atoms with Gasteiger partial charge in [-0.2, -0.15) is 21.6 Å². The summed E-state index contributed by atoms with van der Waals surface area (Å²) in [5.74, 6) is -0.265. The van der Waals surface area contributed by atoms with Crippen molar-refractivity contribution in [2.75, 3.05) is 13.2 Å². The molecule has 0 spiro atoms. The van der Waals surface area contributed by atoms with Gasteiger partial charge in [-0.3, -0.25) is 9.59 Å². The molecular formula is C25H27F3O10S. The summed E-state index contributed by atoms with van der Waals surface area (Å²) in [5.41, 5.74) is -5.69. The lowest BCUT2D eigenvalue weighted by molar-refractivity contribution is -0.106.